The molecule has 144 valence electrons. The third-order valence-electron chi connectivity index (χ3n) is 7.49. The van der Waals surface area contributed by atoms with Crippen molar-refractivity contribution < 1.29 is 4.39 Å². The number of halogens is 1. The van der Waals surface area contributed by atoms with Crippen molar-refractivity contribution in [1.82, 2.24) is 24.3 Å². The Bertz CT molecular complexity index is 1020. The van der Waals surface area contributed by atoms with Crippen molar-refractivity contribution in [3.05, 3.63) is 54.6 Å². The maximum atomic E-state index is 14.9. The average Bonchev–Trinajstić information content (AvgIpc) is 3.35. The minimum Gasteiger partial charge on any atom is -0.325 e. The topological polar surface area (TPSA) is 48.5 Å². The summed E-state index contributed by atoms with van der Waals surface area (Å²) in [5, 5.41) is 4.55. The van der Waals surface area contributed by atoms with Gasteiger partial charge in [-0.25, -0.2) is 19.0 Å². The molecule has 6 heteroatoms. The smallest absolute Gasteiger partial charge is 0.143 e. The van der Waals surface area contributed by atoms with Gasteiger partial charge in [-0.1, -0.05) is 12.1 Å². The molecule has 4 aliphatic rings. The van der Waals surface area contributed by atoms with Crippen molar-refractivity contribution in [2.45, 2.75) is 56.5 Å². The van der Waals surface area contributed by atoms with Crippen molar-refractivity contribution in [3.63, 3.8) is 0 Å². The van der Waals surface area contributed by atoms with Gasteiger partial charge in [0.15, 0.2) is 0 Å². The lowest BCUT2D eigenvalue weighted by Crippen LogP contribution is -2.60. The summed E-state index contributed by atoms with van der Waals surface area (Å²) in [7, 11) is 0. The Balaban J connectivity index is 1.49. The summed E-state index contributed by atoms with van der Waals surface area (Å²) in [6.07, 6.45) is 14.4. The van der Waals surface area contributed by atoms with Crippen LogP contribution < -0.4 is 0 Å². The third kappa shape index (κ3) is 2.14. The summed E-state index contributed by atoms with van der Waals surface area (Å²) in [4.78, 5) is 8.85. The van der Waals surface area contributed by atoms with E-state index in [0.29, 0.717) is 23.0 Å². The predicted molar refractivity (Wildman–Crippen MR) is 103 cm³/mol. The molecule has 0 aliphatic heterocycles. The number of aromatic nitrogens is 5. The fraction of sp³-hybridized carbons (Fsp3) is 0.500. The fourth-order valence-corrected chi connectivity index (χ4v) is 6.88. The molecule has 0 spiro atoms. The zero-order chi connectivity index (χ0) is 18.9. The van der Waals surface area contributed by atoms with Crippen LogP contribution >= 0.6 is 0 Å². The number of nitrogens with zero attached hydrogens (tertiary/aromatic N) is 5. The fourth-order valence-electron chi connectivity index (χ4n) is 6.88. The average molecular weight is 377 g/mol. The molecule has 0 saturated heterocycles. The predicted octanol–water partition coefficient (Wildman–Crippen LogP) is 4.29. The number of rotatable bonds is 3. The summed E-state index contributed by atoms with van der Waals surface area (Å²) in [5.41, 5.74) is 1.29. The first kappa shape index (κ1) is 16.5. The van der Waals surface area contributed by atoms with Crippen LogP contribution in [0.5, 0.6) is 0 Å². The molecule has 4 bridgehead atoms. The van der Waals surface area contributed by atoms with Crippen LogP contribution in [0.25, 0.3) is 11.4 Å². The highest BCUT2D eigenvalue weighted by Gasteiger charge is 2.60. The zero-order valence-corrected chi connectivity index (χ0v) is 16.1. The van der Waals surface area contributed by atoms with Gasteiger partial charge < -0.3 is 4.57 Å². The Kier molecular flexibility index (Phi) is 3.24. The van der Waals surface area contributed by atoms with Gasteiger partial charge in [0.2, 0.25) is 0 Å². The molecule has 4 aliphatic carbocycles. The van der Waals surface area contributed by atoms with Gasteiger partial charge in [-0.3, -0.25) is 0 Å². The van der Waals surface area contributed by atoms with Crippen LogP contribution in [0.1, 0.15) is 44.1 Å². The second-order valence-electron chi connectivity index (χ2n) is 9.31. The quantitative estimate of drug-likeness (QED) is 0.684. The molecule has 0 radical (unpaired) electrons. The minimum atomic E-state index is -0.161. The number of benzene rings is 1. The summed E-state index contributed by atoms with van der Waals surface area (Å²) >= 11 is 0. The molecule has 2 aromatic heterocycles. The van der Waals surface area contributed by atoms with Crippen molar-refractivity contribution in [2.24, 2.45) is 11.8 Å². The third-order valence-corrected chi connectivity index (χ3v) is 7.49. The normalized spacial score (nSPS) is 33.5. The Hall–Kier alpha value is -2.50. The van der Waals surface area contributed by atoms with E-state index in [2.05, 4.69) is 30.5 Å². The lowest BCUT2D eigenvalue weighted by atomic mass is 9.49. The van der Waals surface area contributed by atoms with Gasteiger partial charge in [-0.15, -0.1) is 0 Å². The second-order valence-corrected chi connectivity index (χ2v) is 9.31. The molecule has 3 aromatic rings. The van der Waals surface area contributed by atoms with E-state index in [4.69, 9.17) is 0 Å². The highest BCUT2D eigenvalue weighted by molar-refractivity contribution is 5.58. The number of hydrogen-bond donors (Lipinski definition) is 0. The van der Waals surface area contributed by atoms with Crippen molar-refractivity contribution >= 4 is 0 Å². The molecule has 1 aromatic carbocycles. The van der Waals surface area contributed by atoms with E-state index in [-0.39, 0.29) is 16.9 Å². The Labute approximate surface area is 163 Å². The highest BCUT2D eigenvalue weighted by Crippen LogP contribution is 2.63. The summed E-state index contributed by atoms with van der Waals surface area (Å²) in [6, 6.07) is 5.59. The van der Waals surface area contributed by atoms with Gasteiger partial charge in [-0.05, 0) is 68.9 Å². The van der Waals surface area contributed by atoms with Crippen LogP contribution in [-0.4, -0.2) is 24.3 Å². The molecular weight excluding hydrogens is 353 g/mol. The zero-order valence-electron chi connectivity index (χ0n) is 16.1. The van der Waals surface area contributed by atoms with Gasteiger partial charge in [0, 0.05) is 17.9 Å². The Morgan fingerprint density at radius 1 is 1.11 bits per heavy atom. The van der Waals surface area contributed by atoms with E-state index < -0.39 is 0 Å². The molecule has 2 atom stereocenters. The molecular formula is C22H24FN5. The molecule has 5 nitrogen and oxygen atoms in total. The lowest BCUT2D eigenvalue weighted by molar-refractivity contribution is -0.0968. The van der Waals surface area contributed by atoms with Crippen LogP contribution in [0.15, 0.2) is 43.2 Å². The van der Waals surface area contributed by atoms with Crippen LogP contribution in [0.2, 0.25) is 0 Å². The van der Waals surface area contributed by atoms with Crippen molar-refractivity contribution in [3.8, 4) is 11.4 Å². The number of hydrogen-bond acceptors (Lipinski definition) is 3. The van der Waals surface area contributed by atoms with Crippen LogP contribution in [0, 0.1) is 24.6 Å². The summed E-state index contributed by atoms with van der Waals surface area (Å²) in [6.45, 7) is 1.82. The van der Waals surface area contributed by atoms with Gasteiger partial charge in [0.25, 0.3) is 0 Å². The maximum Gasteiger partial charge on any atom is 0.143 e. The standard InChI is InChI=1S/C22H24FN5/c1-15-3-2-4-18(19(15)23)20-25-5-6-27(20)21-8-16-7-17(9-21)11-22(10-16,12-21)28-14-24-13-26-28/h2-6,13-14,16-17H,7-12H2,1H3. The van der Waals surface area contributed by atoms with Gasteiger partial charge >= 0.3 is 0 Å². The van der Waals surface area contributed by atoms with E-state index in [9.17, 15) is 4.39 Å². The SMILES string of the molecule is Cc1cccc(-c2nccn2C23CC4CC(CC(n5cncn5)(C4)C2)C3)c1F. The van der Waals surface area contributed by atoms with E-state index >= 15 is 0 Å². The summed E-state index contributed by atoms with van der Waals surface area (Å²) < 4.78 is 19.4. The molecule has 0 N–H and O–H groups in total. The van der Waals surface area contributed by atoms with E-state index in [0.717, 1.165) is 25.1 Å². The molecule has 4 saturated carbocycles. The van der Waals surface area contributed by atoms with E-state index in [1.807, 2.05) is 37.6 Å². The molecule has 2 heterocycles. The molecule has 0 amide bonds. The largest absolute Gasteiger partial charge is 0.325 e. The molecule has 4 fully saturated rings. The number of imidazole rings is 1. The van der Waals surface area contributed by atoms with E-state index in [1.54, 1.807) is 6.33 Å². The Morgan fingerprint density at radius 3 is 2.64 bits per heavy atom. The first-order valence-electron chi connectivity index (χ1n) is 10.2. The van der Waals surface area contributed by atoms with E-state index in [1.165, 1.54) is 19.3 Å². The van der Waals surface area contributed by atoms with Crippen LogP contribution in [0.4, 0.5) is 4.39 Å². The first-order chi connectivity index (χ1) is 13.6. The molecule has 7 rings (SSSR count). The van der Waals surface area contributed by atoms with Crippen molar-refractivity contribution in [1.29, 1.82) is 0 Å². The van der Waals surface area contributed by atoms with Crippen LogP contribution in [0.3, 0.4) is 0 Å². The minimum absolute atomic E-state index is 0.0158. The van der Waals surface area contributed by atoms with Crippen molar-refractivity contribution in [2.75, 3.05) is 0 Å². The first-order valence-corrected chi connectivity index (χ1v) is 10.2. The molecule has 2 unspecified atom stereocenters. The summed E-state index contributed by atoms with van der Waals surface area (Å²) in [5.74, 6) is 1.97. The highest BCUT2D eigenvalue weighted by atomic mass is 19.1. The Morgan fingerprint density at radius 2 is 1.89 bits per heavy atom. The van der Waals surface area contributed by atoms with Gasteiger partial charge in [-0.2, -0.15) is 5.10 Å². The molecule has 28 heavy (non-hydrogen) atoms. The van der Waals surface area contributed by atoms with Gasteiger partial charge in [0.05, 0.1) is 11.1 Å². The van der Waals surface area contributed by atoms with Gasteiger partial charge in [0.1, 0.15) is 24.3 Å². The monoisotopic (exact) mass is 377 g/mol. The second kappa shape index (κ2) is 5.52. The lowest BCUT2D eigenvalue weighted by Gasteiger charge is -2.62. The number of aryl methyl sites for hydroxylation is 1. The maximum absolute atomic E-state index is 14.9. The van der Waals surface area contributed by atoms with Crippen LogP contribution in [-0.2, 0) is 11.1 Å².